The van der Waals surface area contributed by atoms with E-state index in [0.29, 0.717) is 21.7 Å². The second-order valence-electron chi connectivity index (χ2n) is 4.79. The third-order valence-corrected chi connectivity index (χ3v) is 4.66. The Morgan fingerprint density at radius 3 is 2.42 bits per heavy atom. The van der Waals surface area contributed by atoms with Gasteiger partial charge in [0.2, 0.25) is 0 Å². The molecule has 8 heteroatoms. The van der Waals surface area contributed by atoms with Gasteiger partial charge in [-0.05, 0) is 47.1 Å². The molecule has 0 bridgehead atoms. The van der Waals surface area contributed by atoms with Gasteiger partial charge in [-0.25, -0.2) is 4.39 Å². The monoisotopic (exact) mass is 396 g/mol. The molecule has 0 aromatic heterocycles. The van der Waals surface area contributed by atoms with Crippen molar-refractivity contribution in [2.45, 2.75) is 11.9 Å². The number of alkyl halides is 3. The molecule has 0 N–H and O–H groups in total. The number of hydrogen-bond donors (Lipinski definition) is 0. The fourth-order valence-corrected chi connectivity index (χ4v) is 3.42. The summed E-state index contributed by atoms with van der Waals surface area (Å²) in [4.78, 5) is 0. The molecule has 1 atom stereocenters. The van der Waals surface area contributed by atoms with E-state index in [-0.39, 0.29) is 11.3 Å². The first-order chi connectivity index (χ1) is 11.2. The van der Waals surface area contributed by atoms with Crippen LogP contribution in [0.5, 0.6) is 0 Å². The molecule has 0 fully saturated rings. The molecule has 128 valence electrons. The molecule has 2 rings (SSSR count). The van der Waals surface area contributed by atoms with Crippen LogP contribution in [0.2, 0.25) is 10.0 Å². The fraction of sp³-hybridized carbons (Fsp3) is 0.125. The maximum atomic E-state index is 13.0. The van der Waals surface area contributed by atoms with E-state index in [4.69, 9.17) is 23.2 Å². The minimum absolute atomic E-state index is 0.0229. The lowest BCUT2D eigenvalue weighted by molar-refractivity contribution is -0.137. The van der Waals surface area contributed by atoms with Gasteiger partial charge in [-0.3, -0.25) is 0 Å². The standard InChI is InChI=1S/C16H10Cl2F4OS/c17-12-3-1-11(15(18)7-12)9-24(23)6-5-10-2-4-13(19)8-14(10)16(20,21)22/h1-8H,9H2/b6-5+. The summed E-state index contributed by atoms with van der Waals surface area (Å²) in [7, 11) is 0. The fourth-order valence-electron chi connectivity index (χ4n) is 1.91. The average Bonchev–Trinajstić information content (AvgIpc) is 2.48. The van der Waals surface area contributed by atoms with Crippen molar-refractivity contribution in [1.29, 1.82) is 0 Å². The summed E-state index contributed by atoms with van der Waals surface area (Å²) in [6.07, 6.45) is -3.65. The third-order valence-electron chi connectivity index (χ3n) is 3.03. The maximum Gasteiger partial charge on any atom is 0.417 e. The molecule has 0 radical (unpaired) electrons. The Kier molecular flexibility index (Phi) is 6.20. The van der Waals surface area contributed by atoms with Gasteiger partial charge in [0.25, 0.3) is 0 Å². The molecule has 2 aromatic rings. The summed E-state index contributed by atoms with van der Waals surface area (Å²) in [5, 5.41) is 1.86. The van der Waals surface area contributed by atoms with Crippen molar-refractivity contribution in [3.05, 3.63) is 74.4 Å². The van der Waals surface area contributed by atoms with Gasteiger partial charge in [-0.2, -0.15) is 13.2 Å². The summed E-state index contributed by atoms with van der Waals surface area (Å²) >= 11 is 10.1. The SMILES string of the molecule is [O-][S+](/C=C/c1ccc(F)cc1C(F)(F)F)Cc1ccc(Cl)cc1Cl. The predicted octanol–water partition coefficient (Wildman–Crippen LogP) is 6.07. The van der Waals surface area contributed by atoms with Crippen LogP contribution < -0.4 is 0 Å². The lowest BCUT2D eigenvalue weighted by Crippen LogP contribution is -2.08. The number of rotatable bonds is 4. The number of benzene rings is 2. The molecule has 0 aliphatic rings. The molecule has 0 heterocycles. The summed E-state index contributed by atoms with van der Waals surface area (Å²) in [5.41, 5.74) is -0.834. The first kappa shape index (κ1) is 19.1. The van der Waals surface area contributed by atoms with Crippen LogP contribution in [0, 0.1) is 5.82 Å². The highest BCUT2D eigenvalue weighted by Gasteiger charge is 2.33. The van der Waals surface area contributed by atoms with Gasteiger partial charge in [-0.15, -0.1) is 0 Å². The molecule has 24 heavy (non-hydrogen) atoms. The van der Waals surface area contributed by atoms with Crippen molar-refractivity contribution in [3.63, 3.8) is 0 Å². The van der Waals surface area contributed by atoms with Crippen molar-refractivity contribution >= 4 is 40.5 Å². The van der Waals surface area contributed by atoms with E-state index in [2.05, 4.69) is 0 Å². The summed E-state index contributed by atoms with van der Waals surface area (Å²) in [6.45, 7) is 0. The first-order valence-corrected chi connectivity index (χ1v) is 8.66. The van der Waals surface area contributed by atoms with Crippen molar-refractivity contribution in [3.8, 4) is 0 Å². The molecule has 0 aliphatic heterocycles. The van der Waals surface area contributed by atoms with Crippen LogP contribution in [-0.4, -0.2) is 4.55 Å². The number of halogens is 6. The van der Waals surface area contributed by atoms with Gasteiger partial charge in [0.15, 0.2) is 0 Å². The minimum Gasteiger partial charge on any atom is -0.612 e. The predicted molar refractivity (Wildman–Crippen MR) is 88.7 cm³/mol. The molecular weight excluding hydrogens is 387 g/mol. The summed E-state index contributed by atoms with van der Waals surface area (Å²) in [5.74, 6) is -0.969. The molecule has 1 unspecified atom stereocenters. The maximum absolute atomic E-state index is 13.0. The van der Waals surface area contributed by atoms with Crippen LogP contribution in [0.15, 0.2) is 41.8 Å². The molecule has 0 spiro atoms. The highest BCUT2D eigenvalue weighted by Crippen LogP contribution is 2.33. The van der Waals surface area contributed by atoms with Crippen LogP contribution in [-0.2, 0) is 23.1 Å². The van der Waals surface area contributed by atoms with E-state index in [1.54, 1.807) is 12.1 Å². The lowest BCUT2D eigenvalue weighted by Gasteiger charge is -2.11. The molecule has 0 aliphatic carbocycles. The van der Waals surface area contributed by atoms with Crippen molar-refractivity contribution in [2.24, 2.45) is 0 Å². The van der Waals surface area contributed by atoms with E-state index in [9.17, 15) is 22.1 Å². The smallest absolute Gasteiger partial charge is 0.417 e. The Hall–Kier alpha value is -1.21. The summed E-state index contributed by atoms with van der Waals surface area (Å²) < 4.78 is 63.7. The van der Waals surface area contributed by atoms with Gasteiger partial charge in [-0.1, -0.05) is 35.3 Å². The van der Waals surface area contributed by atoms with Crippen molar-refractivity contribution < 1.29 is 22.1 Å². The Bertz CT molecular complexity index is 762. The quantitative estimate of drug-likeness (QED) is 0.454. The number of hydrogen-bond acceptors (Lipinski definition) is 1. The van der Waals surface area contributed by atoms with Crippen LogP contribution in [0.25, 0.3) is 6.08 Å². The third kappa shape index (κ3) is 5.14. The van der Waals surface area contributed by atoms with Gasteiger partial charge in [0, 0.05) is 15.6 Å². The largest absolute Gasteiger partial charge is 0.612 e. The van der Waals surface area contributed by atoms with Crippen LogP contribution in [0.1, 0.15) is 16.7 Å². The van der Waals surface area contributed by atoms with Gasteiger partial charge in [0.1, 0.15) is 17.0 Å². The Labute approximate surface area is 149 Å². The summed E-state index contributed by atoms with van der Waals surface area (Å²) in [6, 6.07) is 6.95. The van der Waals surface area contributed by atoms with E-state index >= 15 is 0 Å². The first-order valence-electron chi connectivity index (χ1n) is 6.53. The zero-order chi connectivity index (χ0) is 17.9. The second kappa shape index (κ2) is 7.78. The minimum atomic E-state index is -4.71. The normalized spacial score (nSPS) is 13.5. The molecule has 2 aromatic carbocycles. The van der Waals surface area contributed by atoms with E-state index in [1.807, 2.05) is 0 Å². The van der Waals surface area contributed by atoms with Crippen LogP contribution in [0.3, 0.4) is 0 Å². The van der Waals surface area contributed by atoms with Crippen molar-refractivity contribution in [1.82, 2.24) is 0 Å². The van der Waals surface area contributed by atoms with E-state index in [0.717, 1.165) is 23.6 Å². The average molecular weight is 397 g/mol. The van der Waals surface area contributed by atoms with Gasteiger partial charge < -0.3 is 4.55 Å². The van der Waals surface area contributed by atoms with E-state index in [1.165, 1.54) is 6.07 Å². The molecule has 0 amide bonds. The Balaban J connectivity index is 2.18. The molecule has 0 saturated heterocycles. The highest BCUT2D eigenvalue weighted by atomic mass is 35.5. The van der Waals surface area contributed by atoms with Gasteiger partial charge >= 0.3 is 6.18 Å². The zero-order valence-electron chi connectivity index (χ0n) is 11.9. The zero-order valence-corrected chi connectivity index (χ0v) is 14.2. The Morgan fingerprint density at radius 1 is 1.08 bits per heavy atom. The van der Waals surface area contributed by atoms with Crippen LogP contribution >= 0.6 is 23.2 Å². The van der Waals surface area contributed by atoms with Crippen molar-refractivity contribution in [2.75, 3.05) is 0 Å². The lowest BCUT2D eigenvalue weighted by atomic mass is 10.1. The molecular formula is C16H10Cl2F4OS. The van der Waals surface area contributed by atoms with Crippen LogP contribution in [0.4, 0.5) is 17.6 Å². The molecule has 1 nitrogen and oxygen atoms in total. The second-order valence-corrected chi connectivity index (χ2v) is 6.96. The topological polar surface area (TPSA) is 23.1 Å². The molecule has 0 saturated carbocycles. The Morgan fingerprint density at radius 2 is 1.79 bits per heavy atom. The van der Waals surface area contributed by atoms with E-state index < -0.39 is 28.7 Å². The highest BCUT2D eigenvalue weighted by molar-refractivity contribution is 7.93. The van der Waals surface area contributed by atoms with Gasteiger partial charge in [0.05, 0.1) is 5.56 Å².